The average Bonchev–Trinajstić information content (AvgIpc) is 2.09. The number of hydrogen-bond donors (Lipinski definition) is 1. The molecule has 0 aliphatic heterocycles. The molecule has 1 N–H and O–H groups in total. The van der Waals surface area contributed by atoms with Gasteiger partial charge >= 0.3 is 0 Å². The quantitative estimate of drug-likeness (QED) is 0.540. The Balaban J connectivity index is 3.27. The van der Waals surface area contributed by atoms with E-state index in [0.29, 0.717) is 4.47 Å². The van der Waals surface area contributed by atoms with Gasteiger partial charge in [-0.1, -0.05) is 47.8 Å². The summed E-state index contributed by atoms with van der Waals surface area (Å²) in [6.07, 6.45) is 0. The lowest BCUT2D eigenvalue weighted by atomic mass is 10.1. The topological polar surface area (TPSA) is 37.3 Å². The second-order valence-corrected chi connectivity index (χ2v) is 7.28. The van der Waals surface area contributed by atoms with Gasteiger partial charge < -0.3 is 5.11 Å². The number of phenolic OH excluding ortho intramolecular Hbond substituents is 1. The summed E-state index contributed by atoms with van der Waals surface area (Å²) < 4.78 is 0.712. The monoisotopic (exact) mass is 448 g/mol. The van der Waals surface area contributed by atoms with E-state index in [1.54, 1.807) is 12.1 Å². The molecule has 0 saturated heterocycles. The predicted octanol–water partition coefficient (Wildman–Crippen LogP) is 4.22. The molecule has 0 saturated carbocycles. The Hall–Kier alpha value is 0.610. The van der Waals surface area contributed by atoms with E-state index < -0.39 is 3.74 Å². The second kappa shape index (κ2) is 5.09. The Labute approximate surface area is 115 Å². The van der Waals surface area contributed by atoms with Crippen LogP contribution in [-0.2, 0) is 0 Å². The Morgan fingerprint density at radius 2 is 1.86 bits per heavy atom. The van der Waals surface area contributed by atoms with Crippen molar-refractivity contribution in [1.82, 2.24) is 0 Å². The normalized spacial score (nSPS) is 10.6. The van der Waals surface area contributed by atoms with Gasteiger partial charge in [0.2, 0.25) is 0 Å². The molecule has 0 aliphatic rings. The number of aromatic hydroxyl groups is 1. The van der Waals surface area contributed by atoms with Crippen LogP contribution in [0.4, 0.5) is 0 Å². The number of benzene rings is 1. The van der Waals surface area contributed by atoms with E-state index >= 15 is 0 Å². The molecule has 0 atom stereocenters. The zero-order chi connectivity index (χ0) is 10.9. The molecule has 1 rings (SSSR count). The van der Waals surface area contributed by atoms with E-state index in [9.17, 15) is 9.90 Å². The summed E-state index contributed by atoms with van der Waals surface area (Å²) in [5, 5.41) is 9.61. The predicted molar refractivity (Wildman–Crippen MR) is 69.5 cm³/mol. The summed E-state index contributed by atoms with van der Waals surface area (Å²) in [5.41, 5.74) is 0.255. The molecular formula is C8H4Br4O2. The van der Waals surface area contributed by atoms with Crippen molar-refractivity contribution in [3.05, 3.63) is 26.6 Å². The number of ketones is 1. The van der Waals surface area contributed by atoms with Crippen LogP contribution in [0.2, 0.25) is 0 Å². The Morgan fingerprint density at radius 1 is 1.29 bits per heavy atom. The van der Waals surface area contributed by atoms with Crippen LogP contribution < -0.4 is 0 Å². The van der Waals surface area contributed by atoms with E-state index in [0.717, 1.165) is 4.47 Å². The highest BCUT2D eigenvalue weighted by molar-refractivity contribution is 9.25. The summed E-state index contributed by atoms with van der Waals surface area (Å²) in [5.74, 6) is -0.286. The highest BCUT2D eigenvalue weighted by atomic mass is 79.9. The van der Waals surface area contributed by atoms with Crippen LogP contribution in [0, 0.1) is 0 Å². The molecule has 76 valence electrons. The van der Waals surface area contributed by atoms with Gasteiger partial charge in [0.25, 0.3) is 0 Å². The highest BCUT2D eigenvalue weighted by Crippen LogP contribution is 2.33. The van der Waals surface area contributed by atoms with Crippen LogP contribution in [-0.4, -0.2) is 14.6 Å². The third-order valence-electron chi connectivity index (χ3n) is 1.49. The van der Waals surface area contributed by atoms with Gasteiger partial charge in [0.05, 0.1) is 10.0 Å². The van der Waals surface area contributed by atoms with E-state index in [2.05, 4.69) is 63.7 Å². The number of halogens is 4. The highest BCUT2D eigenvalue weighted by Gasteiger charge is 2.19. The van der Waals surface area contributed by atoms with Gasteiger partial charge in [-0.15, -0.1) is 0 Å². The molecule has 1 aromatic carbocycles. The Morgan fingerprint density at radius 3 is 2.36 bits per heavy atom. The molecule has 6 heteroatoms. The molecule has 2 nitrogen and oxygen atoms in total. The van der Waals surface area contributed by atoms with Crippen molar-refractivity contribution in [2.24, 2.45) is 0 Å². The third kappa shape index (κ3) is 2.81. The minimum Gasteiger partial charge on any atom is -0.506 e. The van der Waals surface area contributed by atoms with E-state index in [4.69, 9.17) is 0 Å². The van der Waals surface area contributed by atoms with Crippen LogP contribution >= 0.6 is 63.7 Å². The molecule has 0 aromatic heterocycles. The zero-order valence-corrected chi connectivity index (χ0v) is 12.9. The molecule has 14 heavy (non-hydrogen) atoms. The van der Waals surface area contributed by atoms with Crippen molar-refractivity contribution in [2.75, 3.05) is 0 Å². The number of Topliss-reactive ketones (excluding diaryl/α,β-unsaturated/α-hetero) is 1. The van der Waals surface area contributed by atoms with Crippen molar-refractivity contribution in [2.45, 2.75) is 3.74 Å². The van der Waals surface area contributed by atoms with E-state index in [-0.39, 0.29) is 17.1 Å². The molecule has 0 amide bonds. The first-order valence-corrected chi connectivity index (χ1v) is 6.85. The van der Waals surface area contributed by atoms with Gasteiger partial charge in [-0.2, -0.15) is 0 Å². The van der Waals surface area contributed by atoms with Crippen molar-refractivity contribution in [3.8, 4) is 5.75 Å². The maximum Gasteiger partial charge on any atom is 0.190 e. The zero-order valence-electron chi connectivity index (χ0n) is 6.60. The number of hydrogen-bond acceptors (Lipinski definition) is 2. The number of carbonyl (C=O) groups excluding carboxylic acids is 1. The average molecular weight is 452 g/mol. The fourth-order valence-corrected chi connectivity index (χ4v) is 2.59. The lowest BCUT2D eigenvalue weighted by Gasteiger charge is -2.06. The lowest BCUT2D eigenvalue weighted by Crippen LogP contribution is -2.07. The largest absolute Gasteiger partial charge is 0.506 e. The van der Waals surface area contributed by atoms with Crippen LogP contribution in [0.25, 0.3) is 0 Å². The molecule has 1 aromatic rings. The molecular weight excluding hydrogens is 448 g/mol. The first-order chi connectivity index (χ1) is 6.43. The molecule has 0 unspecified atom stereocenters. The summed E-state index contributed by atoms with van der Waals surface area (Å²) in [6.45, 7) is 0. The van der Waals surface area contributed by atoms with Crippen molar-refractivity contribution in [3.63, 3.8) is 0 Å². The maximum absolute atomic E-state index is 11.6. The lowest BCUT2D eigenvalue weighted by molar-refractivity contribution is 0.101. The molecule has 0 bridgehead atoms. The van der Waals surface area contributed by atoms with Gasteiger partial charge in [-0.3, -0.25) is 4.79 Å². The maximum atomic E-state index is 11.6. The van der Waals surface area contributed by atoms with Crippen molar-refractivity contribution >= 4 is 69.5 Å². The first kappa shape index (κ1) is 12.7. The summed E-state index contributed by atoms with van der Waals surface area (Å²) in [6, 6.07) is 3.24. The number of carbonyl (C=O) groups is 1. The van der Waals surface area contributed by atoms with Gasteiger partial charge in [0.15, 0.2) is 5.78 Å². The fraction of sp³-hybridized carbons (Fsp3) is 0.125. The minimum atomic E-state index is -0.498. The molecule has 0 radical (unpaired) electrons. The van der Waals surface area contributed by atoms with Crippen molar-refractivity contribution in [1.29, 1.82) is 0 Å². The van der Waals surface area contributed by atoms with Crippen LogP contribution in [0.1, 0.15) is 10.4 Å². The molecule has 0 spiro atoms. The van der Waals surface area contributed by atoms with Gasteiger partial charge in [0, 0.05) is 4.47 Å². The smallest absolute Gasteiger partial charge is 0.190 e. The Kier molecular flexibility index (Phi) is 4.61. The van der Waals surface area contributed by atoms with Crippen LogP contribution in [0.3, 0.4) is 0 Å². The number of alkyl halides is 2. The summed E-state index contributed by atoms with van der Waals surface area (Å²) in [7, 11) is 0. The van der Waals surface area contributed by atoms with Crippen LogP contribution in [0.15, 0.2) is 21.1 Å². The minimum absolute atomic E-state index is 0.0536. The molecule has 0 heterocycles. The summed E-state index contributed by atoms with van der Waals surface area (Å²) in [4.78, 5) is 11.6. The van der Waals surface area contributed by atoms with Gasteiger partial charge in [-0.05, 0) is 28.1 Å². The van der Waals surface area contributed by atoms with Crippen molar-refractivity contribution < 1.29 is 9.90 Å². The SMILES string of the molecule is O=C(c1cc(Br)cc(Br)c1O)C(Br)Br. The van der Waals surface area contributed by atoms with Crippen LogP contribution in [0.5, 0.6) is 5.75 Å². The Bertz CT molecular complexity index is 376. The number of rotatable bonds is 2. The van der Waals surface area contributed by atoms with Gasteiger partial charge in [0.1, 0.15) is 9.49 Å². The summed E-state index contributed by atoms with van der Waals surface area (Å²) >= 11 is 12.6. The third-order valence-corrected chi connectivity index (χ3v) is 3.39. The molecule has 0 fully saturated rings. The van der Waals surface area contributed by atoms with E-state index in [1.165, 1.54) is 0 Å². The standard InChI is InChI=1S/C8H4Br4O2/c9-3-1-4(7(14)8(11)12)6(13)5(10)2-3/h1-2,8,13H. The van der Waals surface area contributed by atoms with E-state index in [1.807, 2.05) is 0 Å². The fourth-order valence-electron chi connectivity index (χ4n) is 0.871. The van der Waals surface area contributed by atoms with Gasteiger partial charge in [-0.25, -0.2) is 0 Å². The first-order valence-electron chi connectivity index (χ1n) is 3.44. The second-order valence-electron chi connectivity index (χ2n) is 2.45. The number of phenols is 1. The molecule has 0 aliphatic carbocycles.